The second-order valence-corrected chi connectivity index (χ2v) is 7.06. The van der Waals surface area contributed by atoms with E-state index in [2.05, 4.69) is 12.1 Å². The van der Waals surface area contributed by atoms with Crippen LogP contribution in [-0.2, 0) is 14.3 Å². The van der Waals surface area contributed by atoms with Gasteiger partial charge >= 0.3 is 0 Å². The molecule has 1 aliphatic carbocycles. The van der Waals surface area contributed by atoms with Crippen molar-refractivity contribution in [2.75, 3.05) is 12.8 Å². The summed E-state index contributed by atoms with van der Waals surface area (Å²) in [6.07, 6.45) is 6.06. The Morgan fingerprint density at radius 2 is 1.85 bits per heavy atom. The summed E-state index contributed by atoms with van der Waals surface area (Å²) in [6.45, 7) is 0.569. The molecule has 0 N–H and O–H groups in total. The van der Waals surface area contributed by atoms with Crippen molar-refractivity contribution >= 4 is 30.7 Å². The van der Waals surface area contributed by atoms with Crippen molar-refractivity contribution in [3.8, 4) is 0 Å². The zero-order chi connectivity index (χ0) is 14.2. The number of carbonyl (C=O) groups excluding carboxylic acids is 2. The molecule has 0 bridgehead atoms. The molecule has 0 aromatic heterocycles. The summed E-state index contributed by atoms with van der Waals surface area (Å²) in [5.74, 6) is -0.518. The van der Waals surface area contributed by atoms with Gasteiger partial charge < -0.3 is 4.74 Å². The predicted molar refractivity (Wildman–Crippen MR) is 83.3 cm³/mol. The van der Waals surface area contributed by atoms with E-state index in [9.17, 15) is 9.59 Å². The molecule has 1 aromatic carbocycles. The monoisotopic (exact) mass is 306 g/mol. The van der Waals surface area contributed by atoms with Crippen molar-refractivity contribution in [1.82, 2.24) is 0 Å². The number of ether oxygens (including phenoxy) is 1. The van der Waals surface area contributed by atoms with Crippen LogP contribution < -0.4 is 0 Å². The Kier molecular flexibility index (Phi) is 6.03. The first kappa shape index (κ1) is 15.0. The number of hydrogen-bond acceptors (Lipinski definition) is 4. The molecule has 2 rings (SSSR count). The van der Waals surface area contributed by atoms with Gasteiger partial charge in [-0.3, -0.25) is 9.59 Å². The van der Waals surface area contributed by atoms with E-state index in [0.717, 1.165) is 20.4 Å². The average molecular weight is 306 g/mol. The van der Waals surface area contributed by atoms with Crippen LogP contribution >= 0.6 is 19.2 Å². The molecule has 0 spiro atoms. The highest BCUT2D eigenvalue weighted by Gasteiger charge is 2.13. The Morgan fingerprint density at radius 3 is 2.60 bits per heavy atom. The van der Waals surface area contributed by atoms with Gasteiger partial charge in [0.2, 0.25) is 11.6 Å². The highest BCUT2D eigenvalue weighted by molar-refractivity contribution is 8.49. The first-order valence-corrected chi connectivity index (χ1v) is 9.06. The normalized spacial score (nSPS) is 14.9. The predicted octanol–water partition coefficient (Wildman–Crippen LogP) is 3.37. The maximum atomic E-state index is 11.1. The van der Waals surface area contributed by atoms with Crippen LogP contribution in [0.4, 0.5) is 0 Å². The second kappa shape index (κ2) is 8.03. The summed E-state index contributed by atoms with van der Waals surface area (Å²) in [6, 6.07) is 10.3. The third-order valence-electron chi connectivity index (χ3n) is 2.54. The SMILES string of the molecule is O=C1C=CC(OCCCPSc2ccccc2)=CC1=O. The van der Waals surface area contributed by atoms with Gasteiger partial charge in [0.25, 0.3) is 0 Å². The molecule has 20 heavy (non-hydrogen) atoms. The highest BCUT2D eigenvalue weighted by Crippen LogP contribution is 2.36. The molecular formula is C15H15O3PS. The van der Waals surface area contributed by atoms with Crippen LogP contribution in [0.5, 0.6) is 0 Å². The fraction of sp³-hybridized carbons (Fsp3) is 0.200. The molecule has 1 aliphatic rings. The van der Waals surface area contributed by atoms with Gasteiger partial charge in [0.05, 0.1) is 6.61 Å². The van der Waals surface area contributed by atoms with E-state index >= 15 is 0 Å². The Bertz CT molecular complexity index is 537. The number of rotatable bonds is 7. The Balaban J connectivity index is 1.58. The molecule has 3 nitrogen and oxygen atoms in total. The molecule has 0 heterocycles. The van der Waals surface area contributed by atoms with Crippen molar-refractivity contribution in [2.45, 2.75) is 11.3 Å². The number of hydrogen-bond donors (Lipinski definition) is 0. The van der Waals surface area contributed by atoms with Gasteiger partial charge in [0.15, 0.2) is 0 Å². The molecule has 0 aliphatic heterocycles. The number of allylic oxidation sites excluding steroid dienone is 3. The number of carbonyl (C=O) groups is 2. The summed E-state index contributed by atoms with van der Waals surface area (Å²) in [4.78, 5) is 23.4. The van der Waals surface area contributed by atoms with Gasteiger partial charge in [0.1, 0.15) is 5.76 Å². The van der Waals surface area contributed by atoms with Gasteiger partial charge in [-0.2, -0.15) is 0 Å². The van der Waals surface area contributed by atoms with Crippen molar-refractivity contribution in [2.24, 2.45) is 0 Å². The lowest BCUT2D eigenvalue weighted by Crippen LogP contribution is -2.12. The molecule has 1 aromatic rings. The second-order valence-electron chi connectivity index (χ2n) is 4.12. The largest absolute Gasteiger partial charge is 0.493 e. The van der Waals surface area contributed by atoms with Crippen LogP contribution in [0.15, 0.2) is 59.2 Å². The standard InChI is InChI=1S/C15H15O3PS/c16-14-8-7-12(11-15(14)17)18-9-4-10-19-20-13-5-2-1-3-6-13/h1-3,5-8,11,19H,4,9-10H2. The smallest absolute Gasteiger partial charge is 0.229 e. The summed E-state index contributed by atoms with van der Waals surface area (Å²) in [5.41, 5.74) is 0. The fourth-order valence-electron chi connectivity index (χ4n) is 1.54. The van der Waals surface area contributed by atoms with Crippen LogP contribution in [0.1, 0.15) is 6.42 Å². The molecule has 0 amide bonds. The average Bonchev–Trinajstić information content (AvgIpc) is 2.47. The van der Waals surface area contributed by atoms with Crippen LogP contribution in [0.25, 0.3) is 0 Å². The van der Waals surface area contributed by atoms with Crippen LogP contribution in [0.3, 0.4) is 0 Å². The lowest BCUT2D eigenvalue weighted by atomic mass is 10.1. The zero-order valence-corrected chi connectivity index (χ0v) is 12.7. The topological polar surface area (TPSA) is 43.4 Å². The van der Waals surface area contributed by atoms with Crippen LogP contribution in [0, 0.1) is 0 Å². The van der Waals surface area contributed by atoms with E-state index in [4.69, 9.17) is 4.74 Å². The number of ketones is 2. The van der Waals surface area contributed by atoms with Gasteiger partial charge in [-0.15, -0.1) is 11.4 Å². The molecule has 0 saturated heterocycles. The maximum absolute atomic E-state index is 11.1. The molecular weight excluding hydrogens is 291 g/mol. The van der Waals surface area contributed by atoms with E-state index in [-0.39, 0.29) is 0 Å². The third kappa shape index (κ3) is 4.95. The summed E-state index contributed by atoms with van der Waals surface area (Å²) >= 11 is 1.85. The van der Waals surface area contributed by atoms with E-state index < -0.39 is 11.6 Å². The van der Waals surface area contributed by atoms with E-state index in [1.165, 1.54) is 17.0 Å². The summed E-state index contributed by atoms with van der Waals surface area (Å²) in [7, 11) is 0.798. The van der Waals surface area contributed by atoms with E-state index in [1.54, 1.807) is 6.08 Å². The number of benzene rings is 1. The van der Waals surface area contributed by atoms with Gasteiger partial charge in [-0.25, -0.2) is 0 Å². The lowest BCUT2D eigenvalue weighted by Gasteiger charge is -2.08. The molecule has 0 fully saturated rings. The summed E-state index contributed by atoms with van der Waals surface area (Å²) in [5, 5.41) is 0. The fourth-order valence-corrected chi connectivity index (χ4v) is 4.03. The first-order valence-electron chi connectivity index (χ1n) is 6.31. The van der Waals surface area contributed by atoms with Gasteiger partial charge in [-0.05, 0) is 36.9 Å². The van der Waals surface area contributed by atoms with Crippen LogP contribution in [0.2, 0.25) is 0 Å². The van der Waals surface area contributed by atoms with E-state index in [0.29, 0.717) is 12.4 Å². The molecule has 104 valence electrons. The minimum atomic E-state index is -0.510. The minimum Gasteiger partial charge on any atom is -0.493 e. The molecule has 1 unspecified atom stereocenters. The molecule has 1 atom stereocenters. The Morgan fingerprint density at radius 1 is 1.05 bits per heavy atom. The highest BCUT2D eigenvalue weighted by atomic mass is 32.7. The third-order valence-corrected chi connectivity index (χ3v) is 5.50. The molecule has 5 heteroatoms. The first-order chi connectivity index (χ1) is 9.75. The van der Waals surface area contributed by atoms with Crippen molar-refractivity contribution in [1.29, 1.82) is 0 Å². The van der Waals surface area contributed by atoms with Crippen LogP contribution in [-0.4, -0.2) is 24.3 Å². The Labute approximate surface area is 124 Å². The quantitative estimate of drug-likeness (QED) is 0.335. The Hall–Kier alpha value is -1.38. The van der Waals surface area contributed by atoms with Crippen molar-refractivity contribution in [3.63, 3.8) is 0 Å². The van der Waals surface area contributed by atoms with Crippen molar-refractivity contribution < 1.29 is 14.3 Å². The minimum absolute atomic E-state index is 0.480. The zero-order valence-electron chi connectivity index (χ0n) is 10.9. The molecule has 0 saturated carbocycles. The van der Waals surface area contributed by atoms with Gasteiger partial charge in [-0.1, -0.05) is 26.0 Å². The van der Waals surface area contributed by atoms with Crippen molar-refractivity contribution in [3.05, 3.63) is 54.3 Å². The lowest BCUT2D eigenvalue weighted by molar-refractivity contribution is -0.131. The summed E-state index contributed by atoms with van der Waals surface area (Å²) < 4.78 is 5.45. The maximum Gasteiger partial charge on any atom is 0.229 e. The molecule has 0 radical (unpaired) electrons. The van der Waals surface area contributed by atoms with E-state index in [1.807, 2.05) is 29.6 Å². The van der Waals surface area contributed by atoms with Gasteiger partial charge in [0, 0.05) is 11.0 Å².